The molecule has 1 aromatic carbocycles. The third-order valence-corrected chi connectivity index (χ3v) is 5.88. The predicted octanol–water partition coefficient (Wildman–Crippen LogP) is 3.16. The molecule has 1 saturated carbocycles. The van der Waals surface area contributed by atoms with E-state index in [1.165, 1.54) is 18.4 Å². The molecule has 2 heterocycles. The van der Waals surface area contributed by atoms with Crippen LogP contribution >= 0.6 is 0 Å². The van der Waals surface area contributed by atoms with Crippen molar-refractivity contribution in [2.75, 3.05) is 37.7 Å². The van der Waals surface area contributed by atoms with E-state index >= 15 is 0 Å². The zero-order valence-electron chi connectivity index (χ0n) is 15.7. The molecular weight excluding hydrogens is 338 g/mol. The van der Waals surface area contributed by atoms with Crippen molar-refractivity contribution in [3.8, 4) is 0 Å². The molecule has 2 fully saturated rings. The zero-order valence-corrected chi connectivity index (χ0v) is 15.7. The van der Waals surface area contributed by atoms with E-state index in [0.29, 0.717) is 12.1 Å². The van der Waals surface area contributed by atoms with Gasteiger partial charge in [-0.3, -0.25) is 4.79 Å². The molecule has 5 heteroatoms. The van der Waals surface area contributed by atoms with Crippen LogP contribution in [0, 0.1) is 0 Å². The molecule has 142 valence electrons. The molecule has 5 nitrogen and oxygen atoms in total. The summed E-state index contributed by atoms with van der Waals surface area (Å²) in [4.78, 5) is 19.4. The highest BCUT2D eigenvalue weighted by Crippen LogP contribution is 2.40. The highest BCUT2D eigenvalue weighted by atomic mass is 16.5. The predicted molar refractivity (Wildman–Crippen MR) is 106 cm³/mol. The van der Waals surface area contributed by atoms with Gasteiger partial charge in [-0.15, -0.1) is 0 Å². The number of rotatable bonds is 5. The highest BCUT2D eigenvalue weighted by Gasteiger charge is 2.35. The molecule has 0 bridgehead atoms. The lowest BCUT2D eigenvalue weighted by Gasteiger charge is -2.30. The third-order valence-electron chi connectivity index (χ3n) is 5.88. The lowest BCUT2D eigenvalue weighted by atomic mass is 9.79. The average molecular weight is 365 g/mol. The first-order chi connectivity index (χ1) is 13.3. The van der Waals surface area contributed by atoms with E-state index < -0.39 is 0 Å². The molecule has 1 aliphatic carbocycles. The maximum Gasteiger partial charge on any atom is 0.252 e. The van der Waals surface area contributed by atoms with E-state index in [4.69, 9.17) is 4.74 Å². The van der Waals surface area contributed by atoms with E-state index in [9.17, 15) is 4.79 Å². The fraction of sp³-hybridized carbons (Fsp3) is 0.455. The Hall–Kier alpha value is -2.40. The summed E-state index contributed by atoms with van der Waals surface area (Å²) in [5, 5.41) is 3.17. The molecule has 1 aliphatic heterocycles. The summed E-state index contributed by atoms with van der Waals surface area (Å²) < 4.78 is 5.38. The second-order valence-electron chi connectivity index (χ2n) is 7.54. The number of anilines is 1. The molecule has 0 unspecified atom stereocenters. The monoisotopic (exact) mass is 365 g/mol. The van der Waals surface area contributed by atoms with Crippen molar-refractivity contribution >= 4 is 11.7 Å². The van der Waals surface area contributed by atoms with Gasteiger partial charge >= 0.3 is 0 Å². The molecule has 0 spiro atoms. The summed E-state index contributed by atoms with van der Waals surface area (Å²) in [5.41, 5.74) is 2.02. The summed E-state index contributed by atoms with van der Waals surface area (Å²) in [6, 6.07) is 14.4. The van der Waals surface area contributed by atoms with Gasteiger partial charge in [0, 0.05) is 31.2 Å². The number of hydrogen-bond donors (Lipinski definition) is 1. The number of amides is 1. The van der Waals surface area contributed by atoms with Crippen molar-refractivity contribution in [1.29, 1.82) is 0 Å². The topological polar surface area (TPSA) is 54.5 Å². The summed E-state index contributed by atoms with van der Waals surface area (Å²) in [7, 11) is 0. The van der Waals surface area contributed by atoms with Gasteiger partial charge in [0.1, 0.15) is 5.82 Å². The van der Waals surface area contributed by atoms with Gasteiger partial charge in [0.2, 0.25) is 0 Å². The molecule has 1 amide bonds. The van der Waals surface area contributed by atoms with Crippen LogP contribution in [-0.2, 0) is 10.2 Å². The van der Waals surface area contributed by atoms with Crippen LogP contribution < -0.4 is 10.2 Å². The summed E-state index contributed by atoms with van der Waals surface area (Å²) >= 11 is 0. The number of carbonyl (C=O) groups excluding carboxylic acids is 1. The van der Waals surface area contributed by atoms with Crippen LogP contribution in [0.3, 0.4) is 0 Å². The average Bonchev–Trinajstić information content (AvgIpc) is 3.24. The van der Waals surface area contributed by atoms with Crippen molar-refractivity contribution in [3.05, 3.63) is 59.8 Å². The number of ether oxygens (including phenoxy) is 1. The van der Waals surface area contributed by atoms with E-state index in [1.807, 2.05) is 18.2 Å². The lowest BCUT2D eigenvalue weighted by Crippen LogP contribution is -2.39. The molecule has 0 radical (unpaired) electrons. The largest absolute Gasteiger partial charge is 0.378 e. The molecule has 2 aliphatic rings. The highest BCUT2D eigenvalue weighted by molar-refractivity contribution is 5.94. The number of hydrogen-bond acceptors (Lipinski definition) is 4. The second-order valence-corrected chi connectivity index (χ2v) is 7.54. The molecule has 1 N–H and O–H groups in total. The van der Waals surface area contributed by atoms with E-state index in [0.717, 1.165) is 45.0 Å². The fourth-order valence-corrected chi connectivity index (χ4v) is 4.26. The molecule has 27 heavy (non-hydrogen) atoms. The van der Waals surface area contributed by atoms with Crippen molar-refractivity contribution < 1.29 is 9.53 Å². The van der Waals surface area contributed by atoms with Crippen LogP contribution in [0.25, 0.3) is 0 Å². The molecule has 1 saturated heterocycles. The number of carbonyl (C=O) groups is 1. The van der Waals surface area contributed by atoms with Gasteiger partial charge in [0.15, 0.2) is 0 Å². The first-order valence-corrected chi connectivity index (χ1v) is 9.89. The van der Waals surface area contributed by atoms with Crippen molar-refractivity contribution in [2.24, 2.45) is 0 Å². The smallest absolute Gasteiger partial charge is 0.252 e. The number of pyridine rings is 1. The van der Waals surface area contributed by atoms with Crippen LogP contribution in [0.2, 0.25) is 0 Å². The second kappa shape index (κ2) is 8.09. The molecule has 4 rings (SSSR count). The number of aromatic nitrogens is 1. The molecule has 0 atom stereocenters. The van der Waals surface area contributed by atoms with Gasteiger partial charge in [-0.1, -0.05) is 43.2 Å². The van der Waals surface area contributed by atoms with Crippen LogP contribution in [-0.4, -0.2) is 43.7 Å². The van der Waals surface area contributed by atoms with E-state index in [-0.39, 0.29) is 11.3 Å². The SMILES string of the molecule is O=C(NCC1(c2ccccc2)CCCC1)c1ccc(N2CCOCC2)nc1. The van der Waals surface area contributed by atoms with Gasteiger partial charge < -0.3 is 15.0 Å². The van der Waals surface area contributed by atoms with Gasteiger partial charge in [-0.2, -0.15) is 0 Å². The first-order valence-electron chi connectivity index (χ1n) is 9.89. The van der Waals surface area contributed by atoms with E-state index in [1.54, 1.807) is 6.20 Å². The third kappa shape index (κ3) is 3.98. The fourth-order valence-electron chi connectivity index (χ4n) is 4.26. The molecule has 1 aromatic heterocycles. The molecular formula is C22H27N3O2. The van der Waals surface area contributed by atoms with Crippen molar-refractivity contribution in [3.63, 3.8) is 0 Å². The van der Waals surface area contributed by atoms with Gasteiger partial charge in [-0.05, 0) is 30.5 Å². The zero-order chi connectivity index (χ0) is 18.5. The Balaban J connectivity index is 1.41. The van der Waals surface area contributed by atoms with Gasteiger partial charge in [0.05, 0.1) is 18.8 Å². The lowest BCUT2D eigenvalue weighted by molar-refractivity contribution is 0.0942. The minimum absolute atomic E-state index is 0.0433. The summed E-state index contributed by atoms with van der Waals surface area (Å²) in [6.45, 7) is 3.83. The quantitative estimate of drug-likeness (QED) is 0.884. The Labute approximate surface area is 160 Å². The van der Waals surface area contributed by atoms with Crippen LogP contribution in [0.4, 0.5) is 5.82 Å². The Bertz CT molecular complexity index is 749. The minimum Gasteiger partial charge on any atom is -0.378 e. The Morgan fingerprint density at radius 3 is 2.48 bits per heavy atom. The normalized spacial score (nSPS) is 19.0. The van der Waals surface area contributed by atoms with E-state index in [2.05, 4.69) is 39.5 Å². The Morgan fingerprint density at radius 2 is 1.81 bits per heavy atom. The van der Waals surface area contributed by atoms with Crippen LogP contribution in [0.15, 0.2) is 48.7 Å². The van der Waals surface area contributed by atoms with Crippen LogP contribution in [0.1, 0.15) is 41.6 Å². The standard InChI is InChI=1S/C22H27N3O2/c26-21(18-8-9-20(23-16-18)25-12-14-27-15-13-25)24-17-22(10-4-5-11-22)19-6-2-1-3-7-19/h1-3,6-9,16H,4-5,10-15,17H2,(H,24,26). The number of nitrogens with one attached hydrogen (secondary N) is 1. The summed E-state index contributed by atoms with van der Waals surface area (Å²) in [5.74, 6) is 0.865. The molecule has 2 aromatic rings. The van der Waals surface area contributed by atoms with Crippen LogP contribution in [0.5, 0.6) is 0 Å². The minimum atomic E-state index is -0.0433. The van der Waals surface area contributed by atoms with Crippen molar-refractivity contribution in [2.45, 2.75) is 31.1 Å². The number of nitrogens with zero attached hydrogens (tertiary/aromatic N) is 2. The Kier molecular flexibility index (Phi) is 5.39. The number of morpholine rings is 1. The maximum atomic E-state index is 12.7. The van der Waals surface area contributed by atoms with Crippen molar-refractivity contribution in [1.82, 2.24) is 10.3 Å². The number of benzene rings is 1. The van der Waals surface area contributed by atoms with Gasteiger partial charge in [-0.25, -0.2) is 4.98 Å². The Morgan fingerprint density at radius 1 is 1.07 bits per heavy atom. The summed E-state index contributed by atoms with van der Waals surface area (Å²) in [6.07, 6.45) is 6.39. The first kappa shape index (κ1) is 18.0. The van der Waals surface area contributed by atoms with Gasteiger partial charge in [0.25, 0.3) is 5.91 Å². The maximum absolute atomic E-state index is 12.7.